The Morgan fingerprint density at radius 2 is 1.82 bits per heavy atom. The van der Waals surface area contributed by atoms with Gasteiger partial charge in [0.05, 0.1) is 6.54 Å². The van der Waals surface area contributed by atoms with Crippen molar-refractivity contribution in [2.45, 2.75) is 32.4 Å². The molecule has 0 atom stereocenters. The molecule has 0 fully saturated rings. The van der Waals surface area contributed by atoms with Crippen molar-refractivity contribution in [3.63, 3.8) is 0 Å². The molecule has 1 aromatic carbocycles. The van der Waals surface area contributed by atoms with Crippen LogP contribution in [0.3, 0.4) is 0 Å². The minimum absolute atomic E-state index is 0.158. The van der Waals surface area contributed by atoms with Crippen LogP contribution in [0.2, 0.25) is 0 Å². The lowest BCUT2D eigenvalue weighted by molar-refractivity contribution is -0.137. The van der Waals surface area contributed by atoms with Gasteiger partial charge in [-0.3, -0.25) is 18.7 Å². The Bertz CT molecular complexity index is 834. The van der Waals surface area contributed by atoms with E-state index in [-0.39, 0.29) is 12.1 Å². The molecule has 1 N–H and O–H groups in total. The van der Waals surface area contributed by atoms with Crippen LogP contribution in [0.1, 0.15) is 23.2 Å². The van der Waals surface area contributed by atoms with Crippen molar-refractivity contribution in [3.8, 4) is 0 Å². The number of carboxylic acids is 1. The van der Waals surface area contributed by atoms with Crippen LogP contribution in [0, 0.1) is 0 Å². The summed E-state index contributed by atoms with van der Waals surface area (Å²) >= 11 is 0. The first-order valence-electron chi connectivity index (χ1n) is 7.19. The number of carbonyl (C=O) groups is 1. The van der Waals surface area contributed by atoms with Crippen molar-refractivity contribution in [2.24, 2.45) is 0 Å². The molecule has 0 saturated heterocycles. The van der Waals surface area contributed by atoms with E-state index in [2.05, 4.69) is 0 Å². The summed E-state index contributed by atoms with van der Waals surface area (Å²) in [6.07, 6.45) is 1.96. The Kier molecular flexibility index (Phi) is 3.66. The molecular formula is C16H16N2O4. The molecule has 22 heavy (non-hydrogen) atoms. The van der Waals surface area contributed by atoms with Gasteiger partial charge < -0.3 is 5.11 Å². The van der Waals surface area contributed by atoms with E-state index in [9.17, 15) is 14.4 Å². The van der Waals surface area contributed by atoms with Crippen LogP contribution in [-0.4, -0.2) is 20.2 Å². The molecule has 0 spiro atoms. The molecule has 6 nitrogen and oxygen atoms in total. The van der Waals surface area contributed by atoms with Gasteiger partial charge in [-0.05, 0) is 24.8 Å². The third kappa shape index (κ3) is 2.47. The molecule has 1 heterocycles. The highest BCUT2D eigenvalue weighted by Crippen LogP contribution is 2.17. The molecule has 0 amide bonds. The molecule has 2 aromatic rings. The normalized spacial score (nSPS) is 13.1. The summed E-state index contributed by atoms with van der Waals surface area (Å²) in [4.78, 5) is 36.1. The maximum atomic E-state index is 12.6. The van der Waals surface area contributed by atoms with Crippen molar-refractivity contribution in [3.05, 3.63) is 68.0 Å². The van der Waals surface area contributed by atoms with Crippen molar-refractivity contribution in [1.29, 1.82) is 0 Å². The summed E-state index contributed by atoms with van der Waals surface area (Å²) in [6.45, 7) is -0.248. The number of carboxylic acid groups (broad SMARTS) is 1. The first kappa shape index (κ1) is 14.3. The summed E-state index contributed by atoms with van der Waals surface area (Å²) in [5.41, 5.74) is 1.17. The van der Waals surface area contributed by atoms with Gasteiger partial charge in [0.25, 0.3) is 5.56 Å². The predicted octanol–water partition coefficient (Wildman–Crippen LogP) is 0.632. The average molecular weight is 300 g/mol. The molecule has 0 unspecified atom stereocenters. The van der Waals surface area contributed by atoms with Crippen LogP contribution in [-0.2, 0) is 30.7 Å². The van der Waals surface area contributed by atoms with Crippen LogP contribution in [0.25, 0.3) is 0 Å². The number of nitrogens with zero attached hydrogens (tertiary/aromatic N) is 2. The molecule has 0 saturated carbocycles. The highest BCUT2D eigenvalue weighted by molar-refractivity contribution is 5.66. The van der Waals surface area contributed by atoms with Crippen molar-refractivity contribution in [2.75, 3.05) is 0 Å². The monoisotopic (exact) mass is 300 g/mol. The fraction of sp³-hybridized carbons (Fsp3) is 0.312. The lowest BCUT2D eigenvalue weighted by atomic mass is 10.2. The molecule has 0 aliphatic heterocycles. The van der Waals surface area contributed by atoms with Gasteiger partial charge in [0.2, 0.25) is 0 Å². The van der Waals surface area contributed by atoms with Gasteiger partial charge in [-0.1, -0.05) is 30.3 Å². The van der Waals surface area contributed by atoms with Gasteiger partial charge in [0.1, 0.15) is 6.54 Å². The topological polar surface area (TPSA) is 81.3 Å². The van der Waals surface area contributed by atoms with Gasteiger partial charge in [0.15, 0.2) is 0 Å². The minimum atomic E-state index is -1.08. The minimum Gasteiger partial charge on any atom is -0.480 e. The fourth-order valence-corrected chi connectivity index (χ4v) is 2.97. The molecule has 1 aromatic heterocycles. The molecule has 0 radical (unpaired) electrons. The fourth-order valence-electron chi connectivity index (χ4n) is 2.97. The Morgan fingerprint density at radius 3 is 2.50 bits per heavy atom. The highest BCUT2D eigenvalue weighted by atomic mass is 16.4. The quantitative estimate of drug-likeness (QED) is 0.898. The third-order valence-corrected chi connectivity index (χ3v) is 3.96. The number of rotatable bonds is 4. The van der Waals surface area contributed by atoms with Crippen molar-refractivity contribution >= 4 is 5.97 Å². The first-order chi connectivity index (χ1) is 10.6. The van der Waals surface area contributed by atoms with Gasteiger partial charge >= 0.3 is 11.7 Å². The van der Waals surface area contributed by atoms with E-state index >= 15 is 0 Å². The van der Waals surface area contributed by atoms with E-state index < -0.39 is 18.2 Å². The molecule has 3 rings (SSSR count). The average Bonchev–Trinajstić information content (AvgIpc) is 2.98. The zero-order valence-corrected chi connectivity index (χ0v) is 12.0. The lowest BCUT2D eigenvalue weighted by Gasteiger charge is -2.14. The summed E-state index contributed by atoms with van der Waals surface area (Å²) in [5.74, 6) is -1.08. The second-order valence-corrected chi connectivity index (χ2v) is 5.42. The zero-order valence-electron chi connectivity index (χ0n) is 12.0. The summed E-state index contributed by atoms with van der Waals surface area (Å²) in [7, 11) is 0. The lowest BCUT2D eigenvalue weighted by Crippen LogP contribution is -2.43. The largest absolute Gasteiger partial charge is 0.480 e. The first-order valence-corrected chi connectivity index (χ1v) is 7.19. The Labute approximate surface area is 126 Å². The van der Waals surface area contributed by atoms with E-state index in [0.29, 0.717) is 24.1 Å². The number of hydrogen-bond acceptors (Lipinski definition) is 3. The van der Waals surface area contributed by atoms with Crippen molar-refractivity contribution < 1.29 is 9.90 Å². The molecule has 114 valence electrons. The van der Waals surface area contributed by atoms with Crippen LogP contribution >= 0.6 is 0 Å². The Balaban J connectivity index is 2.16. The SMILES string of the molecule is O=C(O)Cn1c2c(c(=O)n(Cc3ccccc3)c1=O)CCC2. The predicted molar refractivity (Wildman–Crippen MR) is 80.2 cm³/mol. The highest BCUT2D eigenvalue weighted by Gasteiger charge is 2.23. The van der Waals surface area contributed by atoms with Crippen LogP contribution in [0.4, 0.5) is 0 Å². The van der Waals surface area contributed by atoms with Crippen molar-refractivity contribution in [1.82, 2.24) is 9.13 Å². The number of fused-ring (bicyclic) bond motifs is 1. The number of aliphatic carboxylic acids is 1. The smallest absolute Gasteiger partial charge is 0.332 e. The Morgan fingerprint density at radius 1 is 1.09 bits per heavy atom. The standard InChI is InChI=1S/C16H16N2O4/c19-14(20)10-17-13-8-4-7-12(13)15(21)18(16(17)22)9-11-5-2-1-3-6-11/h1-3,5-6H,4,7-10H2,(H,19,20). The molecule has 0 bridgehead atoms. The zero-order chi connectivity index (χ0) is 15.7. The van der Waals surface area contributed by atoms with E-state index in [4.69, 9.17) is 5.11 Å². The molecule has 6 heteroatoms. The second-order valence-electron chi connectivity index (χ2n) is 5.42. The van der Waals surface area contributed by atoms with E-state index in [1.165, 1.54) is 4.57 Å². The molecule has 1 aliphatic rings. The third-order valence-electron chi connectivity index (χ3n) is 3.96. The Hall–Kier alpha value is -2.63. The molecule has 1 aliphatic carbocycles. The van der Waals surface area contributed by atoms with Crippen LogP contribution < -0.4 is 11.2 Å². The number of hydrogen-bond donors (Lipinski definition) is 1. The number of benzene rings is 1. The van der Waals surface area contributed by atoms with E-state index in [0.717, 1.165) is 16.6 Å². The maximum Gasteiger partial charge on any atom is 0.332 e. The maximum absolute atomic E-state index is 12.6. The summed E-state index contributed by atoms with van der Waals surface area (Å²) < 4.78 is 2.37. The summed E-state index contributed by atoms with van der Waals surface area (Å²) in [5, 5.41) is 9.03. The number of aromatic nitrogens is 2. The van der Waals surface area contributed by atoms with Gasteiger partial charge in [-0.15, -0.1) is 0 Å². The van der Waals surface area contributed by atoms with Gasteiger partial charge in [0, 0.05) is 11.3 Å². The van der Waals surface area contributed by atoms with Crippen LogP contribution in [0.5, 0.6) is 0 Å². The van der Waals surface area contributed by atoms with E-state index in [1.807, 2.05) is 30.3 Å². The van der Waals surface area contributed by atoms with Gasteiger partial charge in [-0.2, -0.15) is 0 Å². The second kappa shape index (κ2) is 5.63. The van der Waals surface area contributed by atoms with E-state index in [1.54, 1.807) is 0 Å². The van der Waals surface area contributed by atoms with Gasteiger partial charge in [-0.25, -0.2) is 4.79 Å². The summed E-state index contributed by atoms with van der Waals surface area (Å²) in [6, 6.07) is 9.20. The van der Waals surface area contributed by atoms with Crippen LogP contribution in [0.15, 0.2) is 39.9 Å². The molecular weight excluding hydrogens is 284 g/mol.